The molecule has 0 fully saturated rings. The van der Waals surface area contributed by atoms with Crippen molar-refractivity contribution >= 4 is 34.0 Å². The monoisotopic (exact) mass is 420 g/mol. The molecule has 9 heteroatoms. The third-order valence-electron chi connectivity index (χ3n) is 4.11. The summed E-state index contributed by atoms with van der Waals surface area (Å²) in [5, 5.41) is 13.9. The average Bonchev–Trinajstić information content (AvgIpc) is 2.68. The number of anilines is 2. The minimum Gasteiger partial charge on any atom is -0.493 e. The molecule has 0 aliphatic heterocycles. The van der Waals surface area contributed by atoms with Crippen molar-refractivity contribution in [3.63, 3.8) is 0 Å². The zero-order chi connectivity index (χ0) is 21.0. The van der Waals surface area contributed by atoms with Crippen LogP contribution in [0.2, 0.25) is 5.02 Å². The number of methoxy groups -OCH3 is 1. The van der Waals surface area contributed by atoms with Crippen molar-refractivity contribution in [1.29, 1.82) is 0 Å². The Labute approximate surface area is 173 Å². The van der Waals surface area contributed by atoms with E-state index in [9.17, 15) is 9.50 Å². The number of benzene rings is 2. The van der Waals surface area contributed by atoms with Gasteiger partial charge >= 0.3 is 0 Å². The number of nitrogens with zero attached hydrogens (tertiary/aromatic N) is 3. The summed E-state index contributed by atoms with van der Waals surface area (Å²) in [5.41, 5.74) is 1.21. The quantitative estimate of drug-likeness (QED) is 0.577. The Kier molecular flexibility index (Phi) is 6.68. The highest BCUT2D eigenvalue weighted by Crippen LogP contribution is 2.35. The van der Waals surface area contributed by atoms with Crippen LogP contribution in [-0.4, -0.2) is 60.4 Å². The van der Waals surface area contributed by atoms with Crippen LogP contribution in [0, 0.1) is 5.82 Å². The van der Waals surface area contributed by atoms with Gasteiger partial charge in [-0.15, -0.1) is 0 Å². The van der Waals surface area contributed by atoms with Gasteiger partial charge in [0.1, 0.15) is 30.7 Å². The number of hydrogen-bond donors (Lipinski definition) is 2. The summed E-state index contributed by atoms with van der Waals surface area (Å²) in [4.78, 5) is 10.4. The van der Waals surface area contributed by atoms with Crippen LogP contribution in [0.4, 0.5) is 15.9 Å². The van der Waals surface area contributed by atoms with Crippen molar-refractivity contribution in [2.75, 3.05) is 39.7 Å². The van der Waals surface area contributed by atoms with Gasteiger partial charge in [-0.2, -0.15) is 0 Å². The summed E-state index contributed by atoms with van der Waals surface area (Å²) in [6.45, 7) is 0.571. The first-order valence-corrected chi connectivity index (χ1v) is 9.25. The molecule has 0 bridgehead atoms. The minimum absolute atomic E-state index is 0.00827. The van der Waals surface area contributed by atoms with Gasteiger partial charge in [-0.05, 0) is 38.4 Å². The molecule has 1 aromatic heterocycles. The molecule has 29 heavy (non-hydrogen) atoms. The van der Waals surface area contributed by atoms with E-state index in [2.05, 4.69) is 15.3 Å². The van der Waals surface area contributed by atoms with Crippen LogP contribution >= 0.6 is 11.6 Å². The van der Waals surface area contributed by atoms with E-state index in [1.54, 1.807) is 18.2 Å². The van der Waals surface area contributed by atoms with Crippen LogP contribution in [0.25, 0.3) is 10.9 Å². The summed E-state index contributed by atoms with van der Waals surface area (Å²) in [7, 11) is 5.28. The van der Waals surface area contributed by atoms with Crippen LogP contribution in [0.1, 0.15) is 0 Å². The number of halogens is 2. The maximum Gasteiger partial charge on any atom is 0.162 e. The summed E-state index contributed by atoms with van der Waals surface area (Å²) in [6, 6.07) is 7.78. The van der Waals surface area contributed by atoms with E-state index in [4.69, 9.17) is 21.1 Å². The highest BCUT2D eigenvalue weighted by Gasteiger charge is 2.14. The molecule has 3 rings (SSSR count). The molecule has 1 unspecified atom stereocenters. The Morgan fingerprint density at radius 2 is 2.00 bits per heavy atom. The average molecular weight is 421 g/mol. The number of aliphatic hydroxyl groups excluding tert-OH is 1. The Bertz CT molecular complexity index is 1000. The fourth-order valence-electron chi connectivity index (χ4n) is 2.81. The van der Waals surface area contributed by atoms with E-state index in [-0.39, 0.29) is 11.6 Å². The lowest BCUT2D eigenvalue weighted by atomic mass is 10.2. The second kappa shape index (κ2) is 9.21. The number of aliphatic hydroxyl groups is 1. The summed E-state index contributed by atoms with van der Waals surface area (Å²) < 4.78 is 24.6. The zero-order valence-electron chi connectivity index (χ0n) is 16.3. The first-order valence-electron chi connectivity index (χ1n) is 8.87. The molecule has 2 N–H and O–H groups in total. The number of aromatic nitrogens is 2. The molecule has 1 atom stereocenters. The maximum absolute atomic E-state index is 13.4. The van der Waals surface area contributed by atoms with E-state index in [1.165, 1.54) is 25.6 Å². The molecule has 7 nitrogen and oxygen atoms in total. The molecular formula is C20H22ClFN4O3. The van der Waals surface area contributed by atoms with Crippen molar-refractivity contribution in [2.45, 2.75) is 6.10 Å². The molecule has 154 valence electrons. The van der Waals surface area contributed by atoms with E-state index >= 15 is 0 Å². The van der Waals surface area contributed by atoms with Crippen molar-refractivity contribution < 1.29 is 19.0 Å². The van der Waals surface area contributed by atoms with Crippen LogP contribution in [0.15, 0.2) is 36.7 Å². The number of rotatable bonds is 8. The smallest absolute Gasteiger partial charge is 0.162 e. The predicted octanol–water partition coefficient (Wildman–Crippen LogP) is 3.48. The molecule has 0 saturated heterocycles. The van der Waals surface area contributed by atoms with E-state index < -0.39 is 11.9 Å². The fourth-order valence-corrected chi connectivity index (χ4v) is 2.99. The number of ether oxygens (including phenoxy) is 2. The van der Waals surface area contributed by atoms with Gasteiger partial charge < -0.3 is 24.8 Å². The van der Waals surface area contributed by atoms with Gasteiger partial charge in [0.15, 0.2) is 11.5 Å². The van der Waals surface area contributed by atoms with E-state index in [0.717, 1.165) is 0 Å². The Morgan fingerprint density at radius 1 is 1.21 bits per heavy atom. The SMILES string of the molecule is COc1cc2ncnc(Nc3ccc(F)c(Cl)c3)c2cc1OCC(O)CN(C)C. The van der Waals surface area contributed by atoms with Gasteiger partial charge in [0.05, 0.1) is 17.6 Å². The molecular weight excluding hydrogens is 399 g/mol. The Hall–Kier alpha value is -2.68. The topological polar surface area (TPSA) is 79.7 Å². The van der Waals surface area contributed by atoms with Crippen LogP contribution in [-0.2, 0) is 0 Å². The fraction of sp³-hybridized carbons (Fsp3) is 0.300. The minimum atomic E-state index is -0.656. The van der Waals surface area contributed by atoms with Gasteiger partial charge in [0.2, 0.25) is 0 Å². The summed E-state index contributed by atoms with van der Waals surface area (Å²) in [6.07, 6.45) is 0.757. The summed E-state index contributed by atoms with van der Waals surface area (Å²) >= 11 is 5.86. The standard InChI is InChI=1S/C20H22ClFN4O3/c1-26(2)9-13(27)10-29-19-7-14-17(8-18(19)28-3)23-11-24-20(14)25-12-4-5-16(22)15(21)6-12/h4-8,11,13,27H,9-10H2,1-3H3,(H,23,24,25). The van der Waals surface area contributed by atoms with Crippen LogP contribution in [0.5, 0.6) is 11.5 Å². The molecule has 0 radical (unpaired) electrons. The molecule has 0 spiro atoms. The maximum atomic E-state index is 13.4. The summed E-state index contributed by atoms with van der Waals surface area (Å²) in [5.74, 6) is 0.942. The predicted molar refractivity (Wildman–Crippen MR) is 111 cm³/mol. The second-order valence-electron chi connectivity index (χ2n) is 6.72. The third-order valence-corrected chi connectivity index (χ3v) is 4.40. The second-order valence-corrected chi connectivity index (χ2v) is 7.13. The number of hydrogen-bond acceptors (Lipinski definition) is 7. The van der Waals surface area contributed by atoms with Crippen molar-refractivity contribution in [3.8, 4) is 11.5 Å². The van der Waals surface area contributed by atoms with Crippen molar-refractivity contribution in [3.05, 3.63) is 47.5 Å². The number of nitrogens with one attached hydrogen (secondary N) is 1. The highest BCUT2D eigenvalue weighted by atomic mass is 35.5. The Morgan fingerprint density at radius 3 is 2.69 bits per heavy atom. The van der Waals surface area contributed by atoms with Gasteiger partial charge in [0, 0.05) is 23.7 Å². The lowest BCUT2D eigenvalue weighted by molar-refractivity contribution is 0.0819. The van der Waals surface area contributed by atoms with E-state index in [0.29, 0.717) is 40.5 Å². The van der Waals surface area contributed by atoms with E-state index in [1.807, 2.05) is 19.0 Å². The zero-order valence-corrected chi connectivity index (χ0v) is 17.1. The van der Waals surface area contributed by atoms with Gasteiger partial charge in [-0.25, -0.2) is 14.4 Å². The van der Waals surface area contributed by atoms with Gasteiger partial charge in [0.25, 0.3) is 0 Å². The number of likely N-dealkylation sites (N-methyl/N-ethyl adjacent to an activating group) is 1. The lowest BCUT2D eigenvalue weighted by Gasteiger charge is -2.18. The normalized spacial score (nSPS) is 12.2. The molecule has 2 aromatic carbocycles. The molecule has 0 saturated carbocycles. The first kappa shape index (κ1) is 21.0. The van der Waals surface area contributed by atoms with Crippen LogP contribution < -0.4 is 14.8 Å². The molecule has 1 heterocycles. The molecule has 3 aromatic rings. The largest absolute Gasteiger partial charge is 0.493 e. The first-order chi connectivity index (χ1) is 13.9. The molecule has 0 aliphatic carbocycles. The van der Waals surface area contributed by atoms with Gasteiger partial charge in [-0.1, -0.05) is 11.6 Å². The third kappa shape index (κ3) is 5.23. The van der Waals surface area contributed by atoms with Crippen LogP contribution in [0.3, 0.4) is 0 Å². The lowest BCUT2D eigenvalue weighted by Crippen LogP contribution is -2.30. The molecule has 0 amide bonds. The van der Waals surface area contributed by atoms with Crippen molar-refractivity contribution in [1.82, 2.24) is 14.9 Å². The van der Waals surface area contributed by atoms with Crippen molar-refractivity contribution in [2.24, 2.45) is 0 Å². The Balaban J connectivity index is 1.92. The van der Waals surface area contributed by atoms with Gasteiger partial charge in [-0.3, -0.25) is 0 Å². The highest BCUT2D eigenvalue weighted by molar-refractivity contribution is 6.31. The number of fused-ring (bicyclic) bond motifs is 1. The molecule has 0 aliphatic rings.